The third-order valence-electron chi connectivity index (χ3n) is 7.11. The number of carbonyl (C=O) groups is 1. The Bertz CT molecular complexity index is 1750. The minimum Gasteiger partial charge on any atom is -0.337 e. The summed E-state index contributed by atoms with van der Waals surface area (Å²) >= 11 is 0. The molecule has 1 fully saturated rings. The van der Waals surface area contributed by atoms with Gasteiger partial charge in [0.05, 0.1) is 27.3 Å². The zero-order chi connectivity index (χ0) is 27.1. The van der Waals surface area contributed by atoms with Crippen LogP contribution in [-0.4, -0.2) is 48.2 Å². The van der Waals surface area contributed by atoms with Crippen LogP contribution in [0.2, 0.25) is 0 Å². The molecule has 3 aromatic carbocycles. The van der Waals surface area contributed by atoms with Crippen molar-refractivity contribution in [2.45, 2.75) is 18.9 Å². The SMILES string of the molecule is O=C(c1cc(-c2ccc(F)cc2)nn1-c1ccc([N+](=O)[O-])cc1)N1CCC(n2c(=O)[nH]c3ccccc32)CC1. The molecule has 1 N–H and O–H groups in total. The highest BCUT2D eigenvalue weighted by Gasteiger charge is 2.29. The molecule has 0 radical (unpaired) electrons. The number of benzene rings is 3. The van der Waals surface area contributed by atoms with Gasteiger partial charge in [0.25, 0.3) is 11.6 Å². The topological polar surface area (TPSA) is 119 Å². The standard InChI is InChI=1S/C28H23FN6O4/c29-19-7-5-18(6-8-19)24-17-26(34(31-24)21-9-11-22(12-10-21)35(38)39)27(36)32-15-13-20(14-16-32)33-25-4-2-1-3-23(25)30-28(33)37/h1-12,17,20H,13-16H2,(H,30,37). The van der Waals surface area contributed by atoms with Crippen LogP contribution in [0.4, 0.5) is 10.1 Å². The average molecular weight is 527 g/mol. The van der Waals surface area contributed by atoms with Crippen molar-refractivity contribution < 1.29 is 14.1 Å². The van der Waals surface area contributed by atoms with Crippen molar-refractivity contribution >= 4 is 22.6 Å². The number of nitrogens with one attached hydrogen (secondary N) is 1. The van der Waals surface area contributed by atoms with Gasteiger partial charge in [-0.05, 0) is 67.4 Å². The highest BCUT2D eigenvalue weighted by atomic mass is 19.1. The van der Waals surface area contributed by atoms with Crippen LogP contribution in [0.25, 0.3) is 28.0 Å². The number of aromatic amines is 1. The summed E-state index contributed by atoms with van der Waals surface area (Å²) < 4.78 is 16.7. The van der Waals surface area contributed by atoms with Gasteiger partial charge in [0.15, 0.2) is 0 Å². The molecule has 1 amide bonds. The molecule has 10 nitrogen and oxygen atoms in total. The number of nitro groups is 1. The summed E-state index contributed by atoms with van der Waals surface area (Å²) in [5, 5.41) is 15.7. The molecular formula is C28H23FN6O4. The molecule has 0 unspecified atom stereocenters. The lowest BCUT2D eigenvalue weighted by Crippen LogP contribution is -2.41. The number of non-ortho nitro benzene ring substituents is 1. The predicted octanol–water partition coefficient (Wildman–Crippen LogP) is 4.71. The molecule has 0 saturated carbocycles. The smallest absolute Gasteiger partial charge is 0.326 e. The quantitative estimate of drug-likeness (QED) is 0.263. The van der Waals surface area contributed by atoms with Crippen molar-refractivity contribution in [1.82, 2.24) is 24.2 Å². The number of H-pyrrole nitrogens is 1. The number of halogens is 1. The Balaban J connectivity index is 1.30. The molecule has 6 rings (SSSR count). The maximum Gasteiger partial charge on any atom is 0.326 e. The second-order valence-corrected chi connectivity index (χ2v) is 9.45. The largest absolute Gasteiger partial charge is 0.337 e. The first-order valence-corrected chi connectivity index (χ1v) is 12.5. The highest BCUT2D eigenvalue weighted by Crippen LogP contribution is 2.28. The van der Waals surface area contributed by atoms with Crippen LogP contribution in [0.15, 0.2) is 83.7 Å². The van der Waals surface area contributed by atoms with E-state index in [1.54, 1.807) is 27.7 Å². The molecule has 5 aromatic rings. The highest BCUT2D eigenvalue weighted by molar-refractivity contribution is 5.94. The molecular weight excluding hydrogens is 503 g/mol. The molecule has 11 heteroatoms. The molecule has 2 aromatic heterocycles. The molecule has 1 aliphatic heterocycles. The second kappa shape index (κ2) is 9.67. The van der Waals surface area contributed by atoms with E-state index in [4.69, 9.17) is 0 Å². The summed E-state index contributed by atoms with van der Waals surface area (Å²) in [6.45, 7) is 0.875. The van der Waals surface area contributed by atoms with Gasteiger partial charge in [-0.2, -0.15) is 5.10 Å². The minimum absolute atomic E-state index is 0.0490. The lowest BCUT2D eigenvalue weighted by molar-refractivity contribution is -0.384. The summed E-state index contributed by atoms with van der Waals surface area (Å²) in [6, 6.07) is 20.7. The van der Waals surface area contributed by atoms with Gasteiger partial charge in [-0.15, -0.1) is 0 Å². The monoisotopic (exact) mass is 526 g/mol. The number of rotatable bonds is 5. The van der Waals surface area contributed by atoms with Gasteiger partial charge >= 0.3 is 5.69 Å². The molecule has 0 aliphatic carbocycles. The van der Waals surface area contributed by atoms with Gasteiger partial charge in [0.2, 0.25) is 0 Å². The predicted molar refractivity (Wildman–Crippen MR) is 142 cm³/mol. The summed E-state index contributed by atoms with van der Waals surface area (Å²) in [7, 11) is 0. The number of aromatic nitrogens is 4. The normalized spacial score (nSPS) is 14.1. The van der Waals surface area contributed by atoms with Crippen LogP contribution in [0.1, 0.15) is 29.4 Å². The zero-order valence-corrected chi connectivity index (χ0v) is 20.7. The van der Waals surface area contributed by atoms with Crippen LogP contribution in [0.3, 0.4) is 0 Å². The maximum absolute atomic E-state index is 13.8. The third-order valence-corrected chi connectivity index (χ3v) is 7.11. The summed E-state index contributed by atoms with van der Waals surface area (Å²) in [5.41, 5.74) is 3.24. The first kappa shape index (κ1) is 24.3. The lowest BCUT2D eigenvalue weighted by Gasteiger charge is -2.32. The fraction of sp³-hybridized carbons (Fsp3) is 0.179. The maximum atomic E-state index is 13.8. The van der Waals surface area contributed by atoms with Gasteiger partial charge in [-0.3, -0.25) is 19.5 Å². The lowest BCUT2D eigenvalue weighted by atomic mass is 10.0. The molecule has 1 saturated heterocycles. The van der Waals surface area contributed by atoms with Crippen LogP contribution < -0.4 is 5.69 Å². The number of imidazole rings is 1. The number of nitro benzene ring substituents is 1. The molecule has 3 heterocycles. The average Bonchev–Trinajstić information content (AvgIpc) is 3.54. The molecule has 1 aliphatic rings. The van der Waals surface area contributed by atoms with E-state index in [0.717, 1.165) is 11.0 Å². The van der Waals surface area contributed by atoms with E-state index >= 15 is 0 Å². The Hall–Kier alpha value is -5.06. The Labute approximate surface area is 221 Å². The van der Waals surface area contributed by atoms with Crippen molar-refractivity contribution in [1.29, 1.82) is 0 Å². The number of carbonyl (C=O) groups excluding carboxylic acids is 1. The second-order valence-electron chi connectivity index (χ2n) is 9.45. The molecule has 196 valence electrons. The molecule has 39 heavy (non-hydrogen) atoms. The van der Waals surface area contributed by atoms with Gasteiger partial charge < -0.3 is 9.88 Å². The van der Waals surface area contributed by atoms with Crippen LogP contribution >= 0.6 is 0 Å². The molecule has 0 atom stereocenters. The number of fused-ring (bicyclic) bond motifs is 1. The van der Waals surface area contributed by atoms with Crippen molar-refractivity contribution in [2.24, 2.45) is 0 Å². The van der Waals surface area contributed by atoms with Crippen LogP contribution in [0.5, 0.6) is 0 Å². The minimum atomic E-state index is -0.494. The summed E-state index contributed by atoms with van der Waals surface area (Å²) in [6.07, 6.45) is 1.20. The van der Waals surface area contributed by atoms with Crippen molar-refractivity contribution in [2.75, 3.05) is 13.1 Å². The van der Waals surface area contributed by atoms with Gasteiger partial charge in [0, 0.05) is 36.8 Å². The van der Waals surface area contributed by atoms with Gasteiger partial charge in [-0.1, -0.05) is 12.1 Å². The van der Waals surface area contributed by atoms with Crippen molar-refractivity contribution in [3.63, 3.8) is 0 Å². The van der Waals surface area contributed by atoms with Gasteiger partial charge in [-0.25, -0.2) is 13.9 Å². The fourth-order valence-electron chi connectivity index (χ4n) is 5.13. The van der Waals surface area contributed by atoms with Crippen LogP contribution in [-0.2, 0) is 0 Å². The number of nitrogens with zero attached hydrogens (tertiary/aromatic N) is 5. The van der Waals surface area contributed by atoms with E-state index in [9.17, 15) is 24.1 Å². The Morgan fingerprint density at radius 2 is 1.69 bits per heavy atom. The van der Waals surface area contributed by atoms with E-state index in [2.05, 4.69) is 10.1 Å². The number of hydrogen-bond donors (Lipinski definition) is 1. The Morgan fingerprint density at radius 3 is 2.38 bits per heavy atom. The number of piperidine rings is 1. The zero-order valence-electron chi connectivity index (χ0n) is 20.7. The van der Waals surface area contributed by atoms with E-state index in [-0.39, 0.29) is 34.8 Å². The fourth-order valence-corrected chi connectivity index (χ4v) is 5.13. The first-order chi connectivity index (χ1) is 18.9. The van der Waals surface area contributed by atoms with E-state index in [1.807, 2.05) is 24.3 Å². The number of likely N-dealkylation sites (tertiary alicyclic amines) is 1. The number of hydrogen-bond acceptors (Lipinski definition) is 5. The van der Waals surface area contributed by atoms with Crippen LogP contribution in [0, 0.1) is 15.9 Å². The van der Waals surface area contributed by atoms with E-state index < -0.39 is 4.92 Å². The van der Waals surface area contributed by atoms with E-state index in [0.29, 0.717) is 42.9 Å². The molecule has 0 spiro atoms. The number of para-hydroxylation sites is 2. The Kier molecular flexibility index (Phi) is 6.02. The van der Waals surface area contributed by atoms with Crippen molar-refractivity contribution in [3.05, 3.63) is 111 Å². The first-order valence-electron chi connectivity index (χ1n) is 12.5. The summed E-state index contributed by atoms with van der Waals surface area (Å²) in [4.78, 5) is 41.7. The van der Waals surface area contributed by atoms with Crippen molar-refractivity contribution in [3.8, 4) is 16.9 Å². The summed E-state index contributed by atoms with van der Waals surface area (Å²) in [5.74, 6) is -0.638. The molecule has 0 bridgehead atoms. The Morgan fingerprint density at radius 1 is 1.00 bits per heavy atom. The van der Waals surface area contributed by atoms with Gasteiger partial charge in [0.1, 0.15) is 11.5 Å². The van der Waals surface area contributed by atoms with E-state index in [1.165, 1.54) is 41.1 Å². The third kappa shape index (κ3) is 4.48. The number of amides is 1.